The summed E-state index contributed by atoms with van der Waals surface area (Å²) in [4.78, 5) is 36.4. The minimum atomic E-state index is -4.02. The van der Waals surface area contributed by atoms with Crippen LogP contribution in [-0.2, 0) is 19.6 Å². The molecule has 1 aliphatic rings. The van der Waals surface area contributed by atoms with Gasteiger partial charge in [-0.25, -0.2) is 12.7 Å². The quantitative estimate of drug-likeness (QED) is 0.767. The molecular formula is C13H15N3O5S. The summed E-state index contributed by atoms with van der Waals surface area (Å²) in [6.07, 6.45) is 0. The molecule has 0 atom stereocenters. The molecule has 8 nitrogen and oxygen atoms in total. The van der Waals surface area contributed by atoms with Crippen molar-refractivity contribution in [1.82, 2.24) is 14.5 Å². The van der Waals surface area contributed by atoms with Crippen LogP contribution in [-0.4, -0.2) is 62.5 Å². The number of fused-ring (bicyclic) bond motifs is 1. The van der Waals surface area contributed by atoms with Crippen LogP contribution >= 0.6 is 0 Å². The average Bonchev–Trinajstić information content (AvgIpc) is 2.66. The van der Waals surface area contributed by atoms with Gasteiger partial charge in [0.15, 0.2) is 0 Å². The van der Waals surface area contributed by atoms with Crippen LogP contribution in [0, 0.1) is 0 Å². The lowest BCUT2D eigenvalue weighted by molar-refractivity contribution is -0.130. The summed E-state index contributed by atoms with van der Waals surface area (Å²) < 4.78 is 25.0. The first-order chi connectivity index (χ1) is 10.2. The van der Waals surface area contributed by atoms with E-state index in [0.29, 0.717) is 4.31 Å². The summed E-state index contributed by atoms with van der Waals surface area (Å²) in [5.41, 5.74) is 0.0414. The Morgan fingerprint density at radius 1 is 1.23 bits per heavy atom. The molecule has 3 amide bonds. The summed E-state index contributed by atoms with van der Waals surface area (Å²) in [6, 6.07) is 5.76. The molecule has 0 saturated heterocycles. The van der Waals surface area contributed by atoms with Gasteiger partial charge in [0.2, 0.25) is 11.8 Å². The molecule has 1 aromatic rings. The van der Waals surface area contributed by atoms with Crippen molar-refractivity contribution >= 4 is 27.7 Å². The van der Waals surface area contributed by atoms with Gasteiger partial charge < -0.3 is 10.2 Å². The van der Waals surface area contributed by atoms with Gasteiger partial charge in [-0.05, 0) is 12.1 Å². The van der Waals surface area contributed by atoms with Crippen LogP contribution in [0.3, 0.4) is 0 Å². The lowest BCUT2D eigenvalue weighted by Gasteiger charge is -2.15. The highest BCUT2D eigenvalue weighted by molar-refractivity contribution is 7.90. The van der Waals surface area contributed by atoms with Crippen LogP contribution in [0.5, 0.6) is 0 Å². The molecule has 1 N–H and O–H groups in total. The minimum Gasteiger partial charge on any atom is -0.347 e. The number of benzene rings is 1. The molecule has 118 valence electrons. The monoisotopic (exact) mass is 325 g/mol. The van der Waals surface area contributed by atoms with Crippen LogP contribution in [0.2, 0.25) is 0 Å². The van der Waals surface area contributed by atoms with E-state index in [-0.39, 0.29) is 22.9 Å². The number of likely N-dealkylation sites (N-methyl/N-ethyl adjacent to an activating group) is 1. The highest BCUT2D eigenvalue weighted by Gasteiger charge is 2.41. The first-order valence-electron chi connectivity index (χ1n) is 6.38. The number of amides is 3. The molecular weight excluding hydrogens is 310 g/mol. The molecule has 0 unspecified atom stereocenters. The van der Waals surface area contributed by atoms with Gasteiger partial charge in [0.1, 0.15) is 11.4 Å². The molecule has 0 bridgehead atoms. The van der Waals surface area contributed by atoms with E-state index in [1.165, 1.54) is 37.2 Å². The van der Waals surface area contributed by atoms with Gasteiger partial charge in [-0.1, -0.05) is 12.1 Å². The average molecular weight is 325 g/mol. The second-order valence-corrected chi connectivity index (χ2v) is 6.71. The third-order valence-corrected chi connectivity index (χ3v) is 4.92. The van der Waals surface area contributed by atoms with Crippen LogP contribution in [0.4, 0.5) is 0 Å². The number of nitrogens with zero attached hydrogens (tertiary/aromatic N) is 2. The summed E-state index contributed by atoms with van der Waals surface area (Å²) >= 11 is 0. The van der Waals surface area contributed by atoms with Crippen LogP contribution in [0.25, 0.3) is 0 Å². The lowest BCUT2D eigenvalue weighted by Crippen LogP contribution is -2.43. The van der Waals surface area contributed by atoms with Crippen LogP contribution in [0.15, 0.2) is 29.2 Å². The Labute approximate surface area is 127 Å². The van der Waals surface area contributed by atoms with Crippen molar-refractivity contribution in [3.63, 3.8) is 0 Å². The predicted octanol–water partition coefficient (Wildman–Crippen LogP) is -0.964. The summed E-state index contributed by atoms with van der Waals surface area (Å²) in [7, 11) is -0.963. The maximum atomic E-state index is 12.2. The van der Waals surface area contributed by atoms with E-state index in [9.17, 15) is 22.8 Å². The third kappa shape index (κ3) is 2.80. The fraction of sp³-hybridized carbons (Fsp3) is 0.308. The van der Waals surface area contributed by atoms with Crippen LogP contribution in [0.1, 0.15) is 10.4 Å². The first-order valence-corrected chi connectivity index (χ1v) is 7.82. The van der Waals surface area contributed by atoms with Crippen molar-refractivity contribution in [2.75, 3.05) is 27.2 Å². The molecule has 1 aromatic carbocycles. The van der Waals surface area contributed by atoms with E-state index in [1.54, 1.807) is 6.07 Å². The number of hydrogen-bond donors (Lipinski definition) is 1. The number of hydrogen-bond acceptors (Lipinski definition) is 5. The van der Waals surface area contributed by atoms with Crippen molar-refractivity contribution in [1.29, 1.82) is 0 Å². The molecule has 9 heteroatoms. The van der Waals surface area contributed by atoms with Gasteiger partial charge in [-0.15, -0.1) is 0 Å². The zero-order chi connectivity index (χ0) is 16.5. The highest BCUT2D eigenvalue weighted by atomic mass is 32.2. The minimum absolute atomic E-state index is 0.0414. The maximum absolute atomic E-state index is 12.2. The summed E-state index contributed by atoms with van der Waals surface area (Å²) in [5, 5.41) is 2.29. The molecule has 0 radical (unpaired) electrons. The van der Waals surface area contributed by atoms with E-state index in [0.717, 1.165) is 0 Å². The predicted molar refractivity (Wildman–Crippen MR) is 76.4 cm³/mol. The van der Waals surface area contributed by atoms with Gasteiger partial charge in [0, 0.05) is 14.1 Å². The van der Waals surface area contributed by atoms with E-state index < -0.39 is 28.4 Å². The lowest BCUT2D eigenvalue weighted by atomic mass is 10.2. The van der Waals surface area contributed by atoms with E-state index in [1.807, 2.05) is 0 Å². The largest absolute Gasteiger partial charge is 0.347 e. The normalized spacial score (nSPS) is 15.4. The van der Waals surface area contributed by atoms with Gasteiger partial charge in [-0.2, -0.15) is 0 Å². The van der Waals surface area contributed by atoms with Gasteiger partial charge in [0.05, 0.1) is 12.1 Å². The van der Waals surface area contributed by atoms with E-state index in [4.69, 9.17) is 0 Å². The van der Waals surface area contributed by atoms with Gasteiger partial charge in [-0.3, -0.25) is 14.4 Å². The molecule has 1 aliphatic heterocycles. The van der Waals surface area contributed by atoms with Gasteiger partial charge in [0.25, 0.3) is 15.9 Å². The van der Waals surface area contributed by atoms with Crippen molar-refractivity contribution in [3.05, 3.63) is 29.8 Å². The SMILES string of the molecule is CN(C)C(=O)CNC(=O)CN1C(=O)c2ccccc2S1(=O)=O. The van der Waals surface area contributed by atoms with Crippen molar-refractivity contribution in [2.24, 2.45) is 0 Å². The summed E-state index contributed by atoms with van der Waals surface area (Å²) in [5.74, 6) is -1.81. The van der Waals surface area contributed by atoms with Crippen molar-refractivity contribution < 1.29 is 22.8 Å². The molecule has 0 saturated carbocycles. The smallest absolute Gasteiger partial charge is 0.269 e. The molecule has 0 aliphatic carbocycles. The van der Waals surface area contributed by atoms with Crippen molar-refractivity contribution in [3.8, 4) is 0 Å². The zero-order valence-electron chi connectivity index (χ0n) is 12.1. The number of carbonyl (C=O) groups is 3. The Balaban J connectivity index is 2.10. The van der Waals surface area contributed by atoms with Crippen LogP contribution < -0.4 is 5.32 Å². The maximum Gasteiger partial charge on any atom is 0.269 e. The fourth-order valence-corrected chi connectivity index (χ4v) is 3.43. The zero-order valence-corrected chi connectivity index (χ0v) is 12.9. The second-order valence-electron chi connectivity index (χ2n) is 4.88. The second kappa shape index (κ2) is 5.76. The first kappa shape index (κ1) is 16.0. The summed E-state index contributed by atoms with van der Waals surface area (Å²) in [6.45, 7) is -0.919. The Kier molecular flexibility index (Phi) is 4.18. The molecule has 0 spiro atoms. The number of carbonyl (C=O) groups excluding carboxylic acids is 3. The molecule has 22 heavy (non-hydrogen) atoms. The molecule has 0 aromatic heterocycles. The number of sulfonamides is 1. The van der Waals surface area contributed by atoms with Gasteiger partial charge >= 0.3 is 0 Å². The molecule has 1 heterocycles. The Hall–Kier alpha value is -2.42. The van der Waals surface area contributed by atoms with Crippen molar-refractivity contribution in [2.45, 2.75) is 4.90 Å². The molecule has 2 rings (SSSR count). The topological polar surface area (TPSA) is 104 Å². The Bertz CT molecular complexity index is 742. The Morgan fingerprint density at radius 3 is 2.45 bits per heavy atom. The third-order valence-electron chi connectivity index (χ3n) is 3.13. The Morgan fingerprint density at radius 2 is 1.86 bits per heavy atom. The number of nitrogens with one attached hydrogen (secondary N) is 1. The highest BCUT2D eigenvalue weighted by Crippen LogP contribution is 2.29. The fourth-order valence-electron chi connectivity index (χ4n) is 1.91. The molecule has 0 fully saturated rings. The number of rotatable bonds is 4. The van der Waals surface area contributed by atoms with E-state index in [2.05, 4.69) is 5.32 Å². The van der Waals surface area contributed by atoms with E-state index >= 15 is 0 Å². The standard InChI is InChI=1S/C13H15N3O5S/c1-15(2)12(18)7-14-11(17)8-16-13(19)9-5-3-4-6-10(9)22(16,20)21/h3-6H,7-8H2,1-2H3,(H,14,17).